The van der Waals surface area contributed by atoms with Crippen molar-refractivity contribution >= 4 is 34.2 Å². The predicted molar refractivity (Wildman–Crippen MR) is 132 cm³/mol. The van der Waals surface area contributed by atoms with Crippen molar-refractivity contribution in [3.05, 3.63) is 64.8 Å². The van der Waals surface area contributed by atoms with Crippen molar-refractivity contribution in [3.8, 4) is 5.69 Å². The molecule has 3 aromatic heterocycles. The molecule has 1 fully saturated rings. The Kier molecular flexibility index (Phi) is 6.24. The molecule has 34 heavy (non-hydrogen) atoms. The van der Waals surface area contributed by atoms with Crippen LogP contribution < -0.4 is 10.2 Å². The molecule has 4 aromatic rings. The molecule has 8 nitrogen and oxygen atoms in total. The number of hydrogen-bond donors (Lipinski definition) is 1. The zero-order chi connectivity index (χ0) is 23.7. The standard InChI is InChI=1S/C25H27ClN6O2/c1-16-22-17(2)32(20-7-5-19(26)6-8-20)30-23(22)24(29-28-16)31-13-10-18(11-14-31)25(33)27-12-9-21-4-3-15-34-21/h3-8,15,18H,9-14H2,1-2H3,(H,27,33). The van der Waals surface area contributed by atoms with E-state index in [2.05, 4.69) is 20.4 Å². The largest absolute Gasteiger partial charge is 0.469 e. The Hall–Kier alpha value is -3.39. The second-order valence-corrected chi connectivity index (χ2v) is 9.12. The number of aromatic nitrogens is 4. The van der Waals surface area contributed by atoms with Crippen molar-refractivity contribution in [1.82, 2.24) is 25.3 Å². The highest BCUT2D eigenvalue weighted by atomic mass is 35.5. The number of fused-ring (bicyclic) bond motifs is 1. The minimum Gasteiger partial charge on any atom is -0.469 e. The normalized spacial score (nSPS) is 14.6. The number of carbonyl (C=O) groups is 1. The van der Waals surface area contributed by atoms with E-state index in [9.17, 15) is 4.79 Å². The van der Waals surface area contributed by atoms with Gasteiger partial charge in [-0.2, -0.15) is 10.2 Å². The summed E-state index contributed by atoms with van der Waals surface area (Å²) in [5.41, 5.74) is 3.63. The predicted octanol–water partition coefficient (Wildman–Crippen LogP) is 4.25. The van der Waals surface area contributed by atoms with Gasteiger partial charge in [0.25, 0.3) is 0 Å². The van der Waals surface area contributed by atoms with Gasteiger partial charge in [-0.15, -0.1) is 5.10 Å². The molecular weight excluding hydrogens is 452 g/mol. The fourth-order valence-corrected chi connectivity index (χ4v) is 4.75. The lowest BCUT2D eigenvalue weighted by molar-refractivity contribution is -0.125. The summed E-state index contributed by atoms with van der Waals surface area (Å²) in [6, 6.07) is 11.4. The zero-order valence-corrected chi connectivity index (χ0v) is 20.0. The van der Waals surface area contributed by atoms with Crippen LogP contribution in [0.15, 0.2) is 47.1 Å². The van der Waals surface area contributed by atoms with Crippen LogP contribution in [-0.4, -0.2) is 45.5 Å². The van der Waals surface area contributed by atoms with Crippen molar-refractivity contribution in [2.45, 2.75) is 33.1 Å². The van der Waals surface area contributed by atoms with E-state index in [0.717, 1.165) is 65.5 Å². The monoisotopic (exact) mass is 478 g/mol. The molecule has 9 heteroatoms. The number of anilines is 1. The van der Waals surface area contributed by atoms with Gasteiger partial charge in [0.15, 0.2) is 5.82 Å². The molecule has 1 aliphatic rings. The molecule has 5 rings (SSSR count). The summed E-state index contributed by atoms with van der Waals surface area (Å²) in [6.45, 7) is 6.05. The van der Waals surface area contributed by atoms with Gasteiger partial charge in [-0.1, -0.05) is 11.6 Å². The second kappa shape index (κ2) is 9.46. The first kappa shape index (κ1) is 22.4. The van der Waals surface area contributed by atoms with Gasteiger partial charge in [0, 0.05) is 37.0 Å². The Morgan fingerprint density at radius 2 is 1.91 bits per heavy atom. The number of nitrogens with zero attached hydrogens (tertiary/aromatic N) is 5. The molecule has 1 saturated heterocycles. The van der Waals surface area contributed by atoms with Gasteiger partial charge in [-0.3, -0.25) is 4.79 Å². The van der Waals surface area contributed by atoms with Gasteiger partial charge in [-0.05, 0) is 63.1 Å². The first-order chi connectivity index (χ1) is 16.5. The number of amides is 1. The lowest BCUT2D eigenvalue weighted by Crippen LogP contribution is -2.41. The van der Waals surface area contributed by atoms with E-state index in [1.54, 1.807) is 6.26 Å². The fourth-order valence-electron chi connectivity index (χ4n) is 4.62. The highest BCUT2D eigenvalue weighted by Crippen LogP contribution is 2.31. The molecule has 0 spiro atoms. The number of benzene rings is 1. The summed E-state index contributed by atoms with van der Waals surface area (Å²) in [4.78, 5) is 14.8. The van der Waals surface area contributed by atoms with E-state index in [1.165, 1.54) is 0 Å². The molecule has 0 aliphatic carbocycles. The van der Waals surface area contributed by atoms with Crippen LogP contribution in [0.25, 0.3) is 16.6 Å². The molecule has 1 N–H and O–H groups in total. The number of hydrogen-bond acceptors (Lipinski definition) is 6. The summed E-state index contributed by atoms with van der Waals surface area (Å²) in [6.07, 6.45) is 3.88. The van der Waals surface area contributed by atoms with E-state index in [0.29, 0.717) is 18.0 Å². The molecule has 4 heterocycles. The van der Waals surface area contributed by atoms with Crippen molar-refractivity contribution in [2.75, 3.05) is 24.5 Å². The highest BCUT2D eigenvalue weighted by Gasteiger charge is 2.28. The van der Waals surface area contributed by atoms with Crippen molar-refractivity contribution < 1.29 is 9.21 Å². The molecule has 0 atom stereocenters. The molecule has 176 valence electrons. The number of aryl methyl sites for hydroxylation is 2. The fraction of sp³-hybridized carbons (Fsp3) is 0.360. The lowest BCUT2D eigenvalue weighted by atomic mass is 9.95. The van der Waals surface area contributed by atoms with Crippen LogP contribution in [0.5, 0.6) is 0 Å². The maximum atomic E-state index is 12.6. The Balaban J connectivity index is 1.30. The van der Waals surface area contributed by atoms with Crippen LogP contribution in [0.2, 0.25) is 5.02 Å². The van der Waals surface area contributed by atoms with E-state index in [-0.39, 0.29) is 11.8 Å². The number of carbonyl (C=O) groups excluding carboxylic acids is 1. The summed E-state index contributed by atoms with van der Waals surface area (Å²) < 4.78 is 7.24. The third-order valence-electron chi connectivity index (χ3n) is 6.47. The number of halogens is 1. The molecule has 0 saturated carbocycles. The average molecular weight is 479 g/mol. The molecule has 0 unspecified atom stereocenters. The van der Waals surface area contributed by atoms with Crippen LogP contribution in [0, 0.1) is 19.8 Å². The number of piperidine rings is 1. The molecule has 0 bridgehead atoms. The van der Waals surface area contributed by atoms with Crippen molar-refractivity contribution in [3.63, 3.8) is 0 Å². The third kappa shape index (κ3) is 4.37. The van der Waals surface area contributed by atoms with E-state index in [4.69, 9.17) is 21.1 Å². The minimum absolute atomic E-state index is 0.00453. The lowest BCUT2D eigenvalue weighted by Gasteiger charge is -2.32. The highest BCUT2D eigenvalue weighted by molar-refractivity contribution is 6.30. The van der Waals surface area contributed by atoms with Gasteiger partial charge in [0.2, 0.25) is 5.91 Å². The van der Waals surface area contributed by atoms with E-state index < -0.39 is 0 Å². The molecule has 1 aromatic carbocycles. The molecular formula is C25H27ClN6O2. The Labute approximate surface area is 202 Å². The summed E-state index contributed by atoms with van der Waals surface area (Å²) in [5, 5.41) is 18.6. The van der Waals surface area contributed by atoms with Gasteiger partial charge in [0.1, 0.15) is 11.3 Å². The minimum atomic E-state index is -0.00453. The number of rotatable bonds is 6. The molecule has 1 amide bonds. The van der Waals surface area contributed by atoms with E-state index >= 15 is 0 Å². The SMILES string of the molecule is Cc1nnc(N2CCC(C(=O)NCCc3ccco3)CC2)c2nn(-c3ccc(Cl)cc3)c(C)c12. The smallest absolute Gasteiger partial charge is 0.223 e. The van der Waals surface area contributed by atoms with Gasteiger partial charge >= 0.3 is 0 Å². The molecule has 0 radical (unpaired) electrons. The van der Waals surface area contributed by atoms with Crippen molar-refractivity contribution in [2.24, 2.45) is 5.92 Å². The second-order valence-electron chi connectivity index (χ2n) is 8.69. The van der Waals surface area contributed by atoms with Gasteiger partial charge in [-0.25, -0.2) is 4.68 Å². The van der Waals surface area contributed by atoms with Gasteiger partial charge < -0.3 is 14.6 Å². The quantitative estimate of drug-likeness (QED) is 0.445. The first-order valence-electron chi connectivity index (χ1n) is 11.5. The zero-order valence-electron chi connectivity index (χ0n) is 19.3. The Bertz CT molecular complexity index is 1290. The molecule has 1 aliphatic heterocycles. The number of nitrogens with one attached hydrogen (secondary N) is 1. The van der Waals surface area contributed by atoms with Crippen LogP contribution in [-0.2, 0) is 11.2 Å². The van der Waals surface area contributed by atoms with Crippen LogP contribution in [0.3, 0.4) is 0 Å². The van der Waals surface area contributed by atoms with Crippen LogP contribution in [0.1, 0.15) is 30.0 Å². The number of furan rings is 1. The Morgan fingerprint density at radius 1 is 1.15 bits per heavy atom. The topological polar surface area (TPSA) is 89.1 Å². The van der Waals surface area contributed by atoms with Crippen LogP contribution >= 0.6 is 11.6 Å². The maximum Gasteiger partial charge on any atom is 0.223 e. The van der Waals surface area contributed by atoms with Gasteiger partial charge in [0.05, 0.1) is 28.7 Å². The summed E-state index contributed by atoms with van der Waals surface area (Å²) in [5.74, 6) is 1.75. The first-order valence-corrected chi connectivity index (χ1v) is 11.9. The summed E-state index contributed by atoms with van der Waals surface area (Å²) >= 11 is 6.07. The maximum absolute atomic E-state index is 12.6. The van der Waals surface area contributed by atoms with Crippen LogP contribution in [0.4, 0.5) is 5.82 Å². The Morgan fingerprint density at radius 3 is 2.62 bits per heavy atom. The van der Waals surface area contributed by atoms with E-state index in [1.807, 2.05) is 54.9 Å². The third-order valence-corrected chi connectivity index (χ3v) is 6.72. The van der Waals surface area contributed by atoms with Crippen molar-refractivity contribution in [1.29, 1.82) is 0 Å². The summed E-state index contributed by atoms with van der Waals surface area (Å²) in [7, 11) is 0. The average Bonchev–Trinajstić information content (AvgIpc) is 3.48.